The number of benzene rings is 2. The van der Waals surface area contributed by atoms with Crippen LogP contribution in [-0.2, 0) is 16.1 Å². The Morgan fingerprint density at radius 1 is 1.16 bits per heavy atom. The molecule has 25 heavy (non-hydrogen) atoms. The Kier molecular flexibility index (Phi) is 5.10. The van der Waals surface area contributed by atoms with Gasteiger partial charge >= 0.3 is 6.09 Å². The van der Waals surface area contributed by atoms with Gasteiger partial charge in [0.1, 0.15) is 12.4 Å². The molecule has 2 aromatic carbocycles. The second-order valence-electron chi connectivity index (χ2n) is 5.98. The zero-order valence-corrected chi connectivity index (χ0v) is 13.7. The number of nitrogens with zero attached hydrogens (tertiary/aromatic N) is 2. The van der Waals surface area contributed by atoms with Crippen LogP contribution in [-0.4, -0.2) is 23.3 Å². The molecule has 5 heteroatoms. The van der Waals surface area contributed by atoms with Gasteiger partial charge in [0.2, 0.25) is 0 Å². The molecule has 0 unspecified atom stereocenters. The summed E-state index contributed by atoms with van der Waals surface area (Å²) in [4.78, 5) is 26.0. The molecule has 1 atom stereocenters. The van der Waals surface area contributed by atoms with E-state index in [0.29, 0.717) is 18.5 Å². The van der Waals surface area contributed by atoms with Crippen LogP contribution in [0.1, 0.15) is 35.6 Å². The van der Waals surface area contributed by atoms with Crippen LogP contribution in [0.5, 0.6) is 0 Å². The maximum atomic E-state index is 12.5. The molecular formula is C20H18N2O3. The maximum absolute atomic E-state index is 12.5. The molecule has 1 aliphatic heterocycles. The van der Waals surface area contributed by atoms with Gasteiger partial charge in [-0.05, 0) is 23.3 Å². The van der Waals surface area contributed by atoms with Gasteiger partial charge in [-0.3, -0.25) is 4.79 Å². The summed E-state index contributed by atoms with van der Waals surface area (Å²) in [6, 6.07) is 18.2. The molecule has 5 nitrogen and oxygen atoms in total. The number of ether oxygens (including phenoxy) is 1. The Labute approximate surface area is 146 Å². The van der Waals surface area contributed by atoms with Crippen molar-refractivity contribution in [2.24, 2.45) is 0 Å². The van der Waals surface area contributed by atoms with E-state index in [1.54, 1.807) is 29.2 Å². The molecule has 1 heterocycles. The molecule has 1 fully saturated rings. The molecule has 0 N–H and O–H groups in total. The molecule has 1 saturated heterocycles. The third-order valence-electron chi connectivity index (χ3n) is 4.29. The Bertz CT molecular complexity index is 794. The highest BCUT2D eigenvalue weighted by Gasteiger charge is 2.32. The van der Waals surface area contributed by atoms with Crippen molar-refractivity contribution in [2.75, 3.05) is 6.54 Å². The summed E-state index contributed by atoms with van der Waals surface area (Å²) in [5.74, 6) is 0.126. The van der Waals surface area contributed by atoms with Gasteiger partial charge in [-0.15, -0.1) is 0 Å². The largest absolute Gasteiger partial charge is 0.445 e. The van der Waals surface area contributed by atoms with Gasteiger partial charge in [0.25, 0.3) is 0 Å². The minimum absolute atomic E-state index is 0.126. The number of hydrogen-bond donors (Lipinski definition) is 0. The van der Waals surface area contributed by atoms with E-state index in [4.69, 9.17) is 10.00 Å². The number of hydrogen-bond acceptors (Lipinski definition) is 4. The molecule has 2 aromatic rings. The van der Waals surface area contributed by atoms with Crippen molar-refractivity contribution >= 4 is 11.9 Å². The fraction of sp³-hybridized carbons (Fsp3) is 0.250. The first-order chi connectivity index (χ1) is 12.2. The van der Waals surface area contributed by atoms with Crippen LogP contribution in [0.2, 0.25) is 0 Å². The number of ketones is 1. The van der Waals surface area contributed by atoms with Crippen molar-refractivity contribution in [2.45, 2.75) is 25.5 Å². The van der Waals surface area contributed by atoms with E-state index in [9.17, 15) is 9.59 Å². The molecule has 0 aliphatic carbocycles. The number of piperidine rings is 1. The highest BCUT2D eigenvalue weighted by atomic mass is 16.6. The minimum Gasteiger partial charge on any atom is -0.445 e. The van der Waals surface area contributed by atoms with Gasteiger partial charge in [-0.25, -0.2) is 4.79 Å². The van der Waals surface area contributed by atoms with Gasteiger partial charge < -0.3 is 9.64 Å². The fourth-order valence-corrected chi connectivity index (χ4v) is 2.93. The van der Waals surface area contributed by atoms with E-state index < -0.39 is 6.09 Å². The van der Waals surface area contributed by atoms with Gasteiger partial charge in [-0.2, -0.15) is 5.26 Å². The SMILES string of the molecule is N#Cc1ccc([C@@H]2CC(=O)CCN2C(=O)OCc2ccccc2)cc1. The minimum atomic E-state index is -0.425. The number of amides is 1. The van der Waals surface area contributed by atoms with Crippen LogP contribution in [0.4, 0.5) is 4.79 Å². The number of nitriles is 1. The van der Waals surface area contributed by atoms with Crippen LogP contribution < -0.4 is 0 Å². The van der Waals surface area contributed by atoms with Crippen LogP contribution in [0.15, 0.2) is 54.6 Å². The molecule has 1 aliphatic rings. The van der Waals surface area contributed by atoms with Crippen LogP contribution in [0.3, 0.4) is 0 Å². The monoisotopic (exact) mass is 334 g/mol. The summed E-state index contributed by atoms with van der Waals surface area (Å²) >= 11 is 0. The molecule has 126 valence electrons. The Morgan fingerprint density at radius 3 is 2.56 bits per heavy atom. The van der Waals surface area contributed by atoms with Crippen LogP contribution in [0.25, 0.3) is 0 Å². The predicted octanol–water partition coefficient (Wildman–Crippen LogP) is 3.60. The van der Waals surface area contributed by atoms with Crippen molar-refractivity contribution in [3.63, 3.8) is 0 Å². The lowest BCUT2D eigenvalue weighted by Crippen LogP contribution is -2.41. The van der Waals surface area contributed by atoms with E-state index in [0.717, 1.165) is 11.1 Å². The lowest BCUT2D eigenvalue weighted by molar-refractivity contribution is -0.122. The van der Waals surface area contributed by atoms with Gasteiger partial charge in [0, 0.05) is 19.4 Å². The number of rotatable bonds is 3. The third kappa shape index (κ3) is 4.04. The average Bonchev–Trinajstić information content (AvgIpc) is 2.67. The highest BCUT2D eigenvalue weighted by molar-refractivity contribution is 5.82. The van der Waals surface area contributed by atoms with E-state index in [-0.39, 0.29) is 24.9 Å². The van der Waals surface area contributed by atoms with Crippen LogP contribution in [0, 0.1) is 11.3 Å². The average molecular weight is 334 g/mol. The summed E-state index contributed by atoms with van der Waals surface area (Å²) in [5, 5.41) is 8.91. The first-order valence-electron chi connectivity index (χ1n) is 8.16. The van der Waals surface area contributed by atoms with Gasteiger partial charge in [-0.1, -0.05) is 42.5 Å². The quantitative estimate of drug-likeness (QED) is 0.860. The third-order valence-corrected chi connectivity index (χ3v) is 4.29. The number of carbonyl (C=O) groups is 2. The van der Waals surface area contributed by atoms with Crippen molar-refractivity contribution in [1.82, 2.24) is 4.90 Å². The smallest absolute Gasteiger partial charge is 0.410 e. The summed E-state index contributed by atoms with van der Waals surface area (Å²) in [7, 11) is 0. The molecule has 0 saturated carbocycles. The number of Topliss-reactive ketones (excluding diaryl/α,β-unsaturated/α-hetero) is 1. The number of likely N-dealkylation sites (tertiary alicyclic amines) is 1. The molecule has 3 rings (SSSR count). The van der Waals surface area contributed by atoms with E-state index >= 15 is 0 Å². The molecular weight excluding hydrogens is 316 g/mol. The topological polar surface area (TPSA) is 70.4 Å². The van der Waals surface area contributed by atoms with Gasteiger partial charge in [0.15, 0.2) is 0 Å². The number of carbonyl (C=O) groups excluding carboxylic acids is 2. The van der Waals surface area contributed by atoms with Crippen molar-refractivity contribution < 1.29 is 14.3 Å². The summed E-state index contributed by atoms with van der Waals surface area (Å²) in [5.41, 5.74) is 2.30. The summed E-state index contributed by atoms with van der Waals surface area (Å²) in [6.07, 6.45) is 0.185. The van der Waals surface area contributed by atoms with E-state index in [2.05, 4.69) is 6.07 Å². The normalized spacial score (nSPS) is 17.0. The fourth-order valence-electron chi connectivity index (χ4n) is 2.93. The lowest BCUT2D eigenvalue weighted by atomic mass is 9.94. The van der Waals surface area contributed by atoms with Crippen LogP contribution >= 0.6 is 0 Å². The van der Waals surface area contributed by atoms with E-state index in [1.165, 1.54) is 0 Å². The Balaban J connectivity index is 1.73. The van der Waals surface area contributed by atoms with Crippen molar-refractivity contribution in [1.29, 1.82) is 5.26 Å². The Hall–Kier alpha value is -3.13. The second kappa shape index (κ2) is 7.63. The molecule has 0 aromatic heterocycles. The molecule has 0 bridgehead atoms. The summed E-state index contributed by atoms with van der Waals surface area (Å²) in [6.45, 7) is 0.543. The zero-order chi connectivity index (χ0) is 17.6. The maximum Gasteiger partial charge on any atom is 0.410 e. The molecule has 0 radical (unpaired) electrons. The Morgan fingerprint density at radius 2 is 1.88 bits per heavy atom. The van der Waals surface area contributed by atoms with Crippen molar-refractivity contribution in [3.05, 3.63) is 71.3 Å². The standard InChI is InChI=1S/C20H18N2O3/c21-13-15-6-8-17(9-7-15)19-12-18(23)10-11-22(19)20(24)25-14-16-4-2-1-3-5-16/h1-9,19H,10-12,14H2/t19-/m0/s1. The highest BCUT2D eigenvalue weighted by Crippen LogP contribution is 2.30. The zero-order valence-electron chi connectivity index (χ0n) is 13.7. The van der Waals surface area contributed by atoms with Gasteiger partial charge in [0.05, 0.1) is 17.7 Å². The lowest BCUT2D eigenvalue weighted by Gasteiger charge is -2.34. The second-order valence-corrected chi connectivity index (χ2v) is 5.98. The van der Waals surface area contributed by atoms with Crippen molar-refractivity contribution in [3.8, 4) is 6.07 Å². The molecule has 0 spiro atoms. The predicted molar refractivity (Wildman–Crippen MR) is 91.5 cm³/mol. The first-order valence-corrected chi connectivity index (χ1v) is 8.16. The van der Waals surface area contributed by atoms with E-state index in [1.807, 2.05) is 30.3 Å². The summed E-state index contributed by atoms with van der Waals surface area (Å²) < 4.78 is 5.42. The molecule has 1 amide bonds. The first kappa shape index (κ1) is 16.7.